The maximum absolute atomic E-state index is 4.56. The van der Waals surface area contributed by atoms with Crippen molar-refractivity contribution < 1.29 is 0 Å². The number of nitrogens with one attached hydrogen (secondary N) is 1. The van der Waals surface area contributed by atoms with Gasteiger partial charge in [0, 0.05) is 19.3 Å². The van der Waals surface area contributed by atoms with Gasteiger partial charge in [-0.3, -0.25) is 9.67 Å². The molecule has 2 aromatic rings. The lowest BCUT2D eigenvalue weighted by Crippen LogP contribution is -2.28. The minimum atomic E-state index is 0.902. The highest BCUT2D eigenvalue weighted by Crippen LogP contribution is 2.18. The minimum absolute atomic E-state index is 0.902. The zero-order valence-electron chi connectivity index (χ0n) is 9.27. The van der Waals surface area contributed by atoms with Crippen LogP contribution in [0.3, 0.4) is 0 Å². The Labute approximate surface area is 94.3 Å². The normalized spacial score (nSPS) is 14.8. The molecule has 4 heteroatoms. The van der Waals surface area contributed by atoms with Crippen molar-refractivity contribution in [3.05, 3.63) is 35.7 Å². The maximum atomic E-state index is 4.56. The van der Waals surface area contributed by atoms with Crippen LogP contribution in [0.2, 0.25) is 0 Å². The van der Waals surface area contributed by atoms with Gasteiger partial charge in [0.05, 0.1) is 17.9 Å². The van der Waals surface area contributed by atoms with Crippen LogP contribution in [0.1, 0.15) is 11.3 Å². The van der Waals surface area contributed by atoms with Gasteiger partial charge in [-0.05, 0) is 24.6 Å². The molecule has 1 aliphatic rings. The Morgan fingerprint density at radius 3 is 3.00 bits per heavy atom. The fourth-order valence-corrected chi connectivity index (χ4v) is 1.94. The molecule has 0 saturated heterocycles. The van der Waals surface area contributed by atoms with Crippen molar-refractivity contribution in [1.82, 2.24) is 20.1 Å². The monoisotopic (exact) mass is 214 g/mol. The fourth-order valence-electron chi connectivity index (χ4n) is 1.94. The van der Waals surface area contributed by atoms with Crippen molar-refractivity contribution in [2.24, 2.45) is 0 Å². The van der Waals surface area contributed by atoms with Crippen LogP contribution in [0, 0.1) is 6.92 Å². The number of nitrogens with zero attached hydrogens (tertiary/aromatic N) is 3. The molecule has 0 atom stereocenters. The van der Waals surface area contributed by atoms with Gasteiger partial charge in [-0.15, -0.1) is 0 Å². The quantitative estimate of drug-likeness (QED) is 0.779. The van der Waals surface area contributed by atoms with Crippen LogP contribution in [0.25, 0.3) is 11.4 Å². The highest BCUT2D eigenvalue weighted by molar-refractivity contribution is 5.54. The van der Waals surface area contributed by atoms with E-state index >= 15 is 0 Å². The molecule has 0 bridgehead atoms. The summed E-state index contributed by atoms with van der Waals surface area (Å²) >= 11 is 0. The molecule has 0 spiro atoms. The molecule has 2 aromatic heterocycles. The van der Waals surface area contributed by atoms with Gasteiger partial charge >= 0.3 is 0 Å². The van der Waals surface area contributed by atoms with Crippen LogP contribution in [0.4, 0.5) is 0 Å². The first-order valence-corrected chi connectivity index (χ1v) is 5.53. The van der Waals surface area contributed by atoms with Crippen molar-refractivity contribution in [1.29, 1.82) is 0 Å². The van der Waals surface area contributed by atoms with Crippen molar-refractivity contribution in [3.8, 4) is 11.4 Å². The summed E-state index contributed by atoms with van der Waals surface area (Å²) in [5.74, 6) is 0. The zero-order valence-corrected chi connectivity index (χ0v) is 9.27. The Kier molecular flexibility index (Phi) is 2.22. The predicted octanol–water partition coefficient (Wildman–Crippen LogP) is 1.36. The first kappa shape index (κ1) is 9.54. The van der Waals surface area contributed by atoms with E-state index in [-0.39, 0.29) is 0 Å². The van der Waals surface area contributed by atoms with Crippen LogP contribution in [0.5, 0.6) is 0 Å². The van der Waals surface area contributed by atoms with E-state index in [2.05, 4.69) is 32.2 Å². The second kappa shape index (κ2) is 3.72. The Hall–Kier alpha value is -1.68. The smallest absolute Gasteiger partial charge is 0.111 e. The Bertz CT molecular complexity index is 475. The standard InChI is InChI=1S/C12H14N4/c1-9-2-3-11(14-7-9)12-6-10-8-13-4-5-16(10)15-12/h2-3,6-7,13H,4-5,8H2,1H3. The molecule has 4 nitrogen and oxygen atoms in total. The van der Waals surface area contributed by atoms with Crippen LogP contribution < -0.4 is 5.32 Å². The topological polar surface area (TPSA) is 42.7 Å². The molecular weight excluding hydrogens is 200 g/mol. The minimum Gasteiger partial charge on any atom is -0.309 e. The van der Waals surface area contributed by atoms with Crippen molar-refractivity contribution in [2.45, 2.75) is 20.0 Å². The van der Waals surface area contributed by atoms with Gasteiger partial charge in [-0.2, -0.15) is 5.10 Å². The van der Waals surface area contributed by atoms with E-state index in [1.807, 2.05) is 19.2 Å². The molecule has 0 fully saturated rings. The maximum Gasteiger partial charge on any atom is 0.111 e. The third kappa shape index (κ3) is 1.61. The summed E-state index contributed by atoms with van der Waals surface area (Å²) in [6.07, 6.45) is 1.88. The van der Waals surface area contributed by atoms with Crippen molar-refractivity contribution >= 4 is 0 Å². The van der Waals surface area contributed by atoms with Crippen LogP contribution in [-0.2, 0) is 13.1 Å². The molecule has 0 saturated carbocycles. The van der Waals surface area contributed by atoms with Gasteiger partial charge in [-0.1, -0.05) is 6.07 Å². The SMILES string of the molecule is Cc1ccc(-c2cc3n(n2)CCNC3)nc1. The zero-order chi connectivity index (χ0) is 11.0. The summed E-state index contributed by atoms with van der Waals surface area (Å²) in [4.78, 5) is 4.40. The van der Waals surface area contributed by atoms with E-state index in [1.165, 1.54) is 11.3 Å². The third-order valence-corrected chi connectivity index (χ3v) is 2.84. The highest BCUT2D eigenvalue weighted by Gasteiger charge is 2.12. The molecule has 1 aliphatic heterocycles. The summed E-state index contributed by atoms with van der Waals surface area (Å²) in [5, 5.41) is 7.90. The molecule has 3 rings (SSSR count). The number of hydrogen-bond donors (Lipinski definition) is 1. The van der Waals surface area contributed by atoms with E-state index in [1.54, 1.807) is 0 Å². The number of aryl methyl sites for hydroxylation is 1. The molecule has 1 N–H and O–H groups in total. The Balaban J connectivity index is 2.00. The predicted molar refractivity (Wildman–Crippen MR) is 61.9 cm³/mol. The number of rotatable bonds is 1. The summed E-state index contributed by atoms with van der Waals surface area (Å²) in [5.41, 5.74) is 4.34. The van der Waals surface area contributed by atoms with Gasteiger partial charge < -0.3 is 5.32 Å². The summed E-state index contributed by atoms with van der Waals surface area (Å²) in [6, 6.07) is 6.21. The second-order valence-electron chi connectivity index (χ2n) is 4.14. The van der Waals surface area contributed by atoms with Crippen LogP contribution in [-0.4, -0.2) is 21.3 Å². The Morgan fingerprint density at radius 1 is 1.31 bits per heavy atom. The highest BCUT2D eigenvalue weighted by atomic mass is 15.3. The number of fused-ring (bicyclic) bond motifs is 1. The molecule has 0 radical (unpaired) electrons. The van der Waals surface area contributed by atoms with Crippen LogP contribution in [0.15, 0.2) is 24.4 Å². The lowest BCUT2D eigenvalue weighted by molar-refractivity contribution is 0.476. The van der Waals surface area contributed by atoms with E-state index in [4.69, 9.17) is 0 Å². The summed E-state index contributed by atoms with van der Waals surface area (Å²) in [7, 11) is 0. The van der Waals surface area contributed by atoms with E-state index in [0.717, 1.165) is 31.0 Å². The van der Waals surface area contributed by atoms with Gasteiger partial charge in [0.1, 0.15) is 5.69 Å². The van der Waals surface area contributed by atoms with Crippen molar-refractivity contribution in [2.75, 3.05) is 6.54 Å². The van der Waals surface area contributed by atoms with Gasteiger partial charge in [0.2, 0.25) is 0 Å². The largest absolute Gasteiger partial charge is 0.309 e. The van der Waals surface area contributed by atoms with Gasteiger partial charge in [0.15, 0.2) is 0 Å². The third-order valence-electron chi connectivity index (χ3n) is 2.84. The molecule has 0 aromatic carbocycles. The average molecular weight is 214 g/mol. The number of hydrogen-bond acceptors (Lipinski definition) is 3. The van der Waals surface area contributed by atoms with Crippen molar-refractivity contribution in [3.63, 3.8) is 0 Å². The molecule has 82 valence electrons. The first-order valence-electron chi connectivity index (χ1n) is 5.53. The second-order valence-corrected chi connectivity index (χ2v) is 4.14. The molecule has 0 aliphatic carbocycles. The molecule has 16 heavy (non-hydrogen) atoms. The molecular formula is C12H14N4. The summed E-state index contributed by atoms with van der Waals surface area (Å²) < 4.78 is 2.06. The molecule has 0 unspecified atom stereocenters. The fraction of sp³-hybridized carbons (Fsp3) is 0.333. The molecule has 3 heterocycles. The van der Waals surface area contributed by atoms with E-state index in [0.29, 0.717) is 0 Å². The average Bonchev–Trinajstić information content (AvgIpc) is 2.73. The Morgan fingerprint density at radius 2 is 2.25 bits per heavy atom. The number of aromatic nitrogens is 3. The number of pyridine rings is 1. The first-order chi connectivity index (χ1) is 7.83. The van der Waals surface area contributed by atoms with Crippen LogP contribution >= 0.6 is 0 Å². The lowest BCUT2D eigenvalue weighted by atomic mass is 10.2. The summed E-state index contributed by atoms with van der Waals surface area (Å²) in [6.45, 7) is 4.88. The van der Waals surface area contributed by atoms with E-state index < -0.39 is 0 Å². The molecule has 0 amide bonds. The van der Waals surface area contributed by atoms with Gasteiger partial charge in [-0.25, -0.2) is 0 Å². The van der Waals surface area contributed by atoms with E-state index in [9.17, 15) is 0 Å². The van der Waals surface area contributed by atoms with Gasteiger partial charge in [0.25, 0.3) is 0 Å². The lowest BCUT2D eigenvalue weighted by Gasteiger charge is -2.13.